The molecule has 1 fully saturated rings. The second kappa shape index (κ2) is 7.24. The second-order valence-electron chi connectivity index (χ2n) is 6.44. The van der Waals surface area contributed by atoms with Crippen molar-refractivity contribution in [1.82, 2.24) is 10.2 Å². The molecule has 1 N–H and O–H groups in total. The molecule has 1 aromatic carbocycles. The van der Waals surface area contributed by atoms with Crippen LogP contribution in [0, 0.1) is 0 Å². The van der Waals surface area contributed by atoms with Crippen LogP contribution in [0.2, 0.25) is 0 Å². The Morgan fingerprint density at radius 2 is 1.90 bits per heavy atom. The van der Waals surface area contributed by atoms with Gasteiger partial charge in [-0.1, -0.05) is 30.7 Å². The Balaban J connectivity index is 1.35. The number of nitrogens with one attached hydrogen (secondary N) is 1. The largest absolute Gasteiger partial charge is 0.314 e. The average molecular weight is 272 g/mol. The van der Waals surface area contributed by atoms with Gasteiger partial charge in [0.25, 0.3) is 0 Å². The van der Waals surface area contributed by atoms with Gasteiger partial charge in [0, 0.05) is 12.6 Å². The molecule has 1 saturated carbocycles. The Labute approximate surface area is 123 Å². The zero-order chi connectivity index (χ0) is 13.6. The van der Waals surface area contributed by atoms with Crippen molar-refractivity contribution in [3.63, 3.8) is 0 Å². The van der Waals surface area contributed by atoms with E-state index in [1.54, 1.807) is 11.1 Å². The summed E-state index contributed by atoms with van der Waals surface area (Å²) in [7, 11) is 0. The highest BCUT2D eigenvalue weighted by Gasteiger charge is 2.19. The number of hydrogen-bond donors (Lipinski definition) is 1. The van der Waals surface area contributed by atoms with E-state index >= 15 is 0 Å². The molecule has 1 heterocycles. The fourth-order valence-electron chi connectivity index (χ4n) is 3.19. The van der Waals surface area contributed by atoms with E-state index in [2.05, 4.69) is 34.5 Å². The Morgan fingerprint density at radius 3 is 2.75 bits per heavy atom. The zero-order valence-electron chi connectivity index (χ0n) is 12.6. The third-order valence-electron chi connectivity index (χ3n) is 4.59. The highest BCUT2D eigenvalue weighted by Crippen LogP contribution is 2.19. The smallest absolute Gasteiger partial charge is 0.0236 e. The summed E-state index contributed by atoms with van der Waals surface area (Å²) in [5.41, 5.74) is 3.13. The van der Waals surface area contributed by atoms with Gasteiger partial charge in [0.05, 0.1) is 0 Å². The van der Waals surface area contributed by atoms with E-state index in [0.717, 1.165) is 12.6 Å². The van der Waals surface area contributed by atoms with E-state index in [4.69, 9.17) is 0 Å². The molecule has 1 aromatic rings. The Bertz CT molecular complexity index is 412. The van der Waals surface area contributed by atoms with E-state index in [1.165, 1.54) is 64.6 Å². The van der Waals surface area contributed by atoms with E-state index < -0.39 is 0 Å². The third kappa shape index (κ3) is 4.32. The fraction of sp³-hybridized carbons (Fsp3) is 0.667. The molecule has 2 heteroatoms. The van der Waals surface area contributed by atoms with Gasteiger partial charge in [0.15, 0.2) is 0 Å². The Hall–Kier alpha value is -0.860. The van der Waals surface area contributed by atoms with Crippen LogP contribution < -0.4 is 5.32 Å². The van der Waals surface area contributed by atoms with Gasteiger partial charge in [-0.2, -0.15) is 0 Å². The Kier molecular flexibility index (Phi) is 5.10. The molecule has 20 heavy (non-hydrogen) atoms. The summed E-state index contributed by atoms with van der Waals surface area (Å²) in [6.45, 7) is 4.94. The number of rotatable bonds is 7. The molecule has 0 radical (unpaired) electrons. The summed E-state index contributed by atoms with van der Waals surface area (Å²) >= 11 is 0. The maximum absolute atomic E-state index is 3.60. The van der Waals surface area contributed by atoms with E-state index in [-0.39, 0.29) is 0 Å². The molecule has 0 bridgehead atoms. The van der Waals surface area contributed by atoms with Crippen molar-refractivity contribution in [2.45, 2.75) is 57.5 Å². The maximum atomic E-state index is 3.60. The highest BCUT2D eigenvalue weighted by molar-refractivity contribution is 5.27. The number of unbranched alkanes of at least 4 members (excludes halogenated alkanes) is 2. The molecule has 0 amide bonds. The third-order valence-corrected chi connectivity index (χ3v) is 4.59. The van der Waals surface area contributed by atoms with Crippen LogP contribution in [0.15, 0.2) is 24.3 Å². The minimum absolute atomic E-state index is 0.872. The summed E-state index contributed by atoms with van der Waals surface area (Å²) in [6.07, 6.45) is 9.48. The normalized spacial score (nSPS) is 19.6. The van der Waals surface area contributed by atoms with Gasteiger partial charge in [0.2, 0.25) is 0 Å². The standard InChI is InChI=1S/C18H28N2/c1(4-12-19-18-10-11-18)5-13-20-14-6-9-16-7-2-3-8-17(16)15-20/h2-3,7-8,18-19H,1,4-6,9-15H2. The summed E-state index contributed by atoms with van der Waals surface area (Å²) in [6, 6.07) is 9.86. The predicted octanol–water partition coefficient (Wildman–Crippen LogP) is 3.36. The lowest BCUT2D eigenvalue weighted by Crippen LogP contribution is -2.24. The lowest BCUT2D eigenvalue weighted by molar-refractivity contribution is 0.263. The lowest BCUT2D eigenvalue weighted by Gasteiger charge is -2.20. The summed E-state index contributed by atoms with van der Waals surface area (Å²) < 4.78 is 0. The number of benzene rings is 1. The molecule has 2 aliphatic rings. The van der Waals surface area contributed by atoms with E-state index in [0.29, 0.717) is 0 Å². The van der Waals surface area contributed by atoms with Crippen molar-refractivity contribution in [3.05, 3.63) is 35.4 Å². The van der Waals surface area contributed by atoms with Crippen LogP contribution in [-0.2, 0) is 13.0 Å². The highest BCUT2D eigenvalue weighted by atomic mass is 15.1. The quantitative estimate of drug-likeness (QED) is 0.766. The van der Waals surface area contributed by atoms with Crippen LogP contribution in [0.4, 0.5) is 0 Å². The van der Waals surface area contributed by atoms with Crippen LogP contribution in [0.5, 0.6) is 0 Å². The molecule has 1 aliphatic carbocycles. The first-order chi connectivity index (χ1) is 9.92. The van der Waals surface area contributed by atoms with Gasteiger partial charge in [0.1, 0.15) is 0 Å². The molecular weight excluding hydrogens is 244 g/mol. The second-order valence-corrected chi connectivity index (χ2v) is 6.44. The topological polar surface area (TPSA) is 15.3 Å². The monoisotopic (exact) mass is 272 g/mol. The fourth-order valence-corrected chi connectivity index (χ4v) is 3.19. The van der Waals surface area contributed by atoms with Crippen molar-refractivity contribution in [2.75, 3.05) is 19.6 Å². The summed E-state index contributed by atoms with van der Waals surface area (Å²) in [5, 5.41) is 3.60. The van der Waals surface area contributed by atoms with Gasteiger partial charge < -0.3 is 5.32 Å². The van der Waals surface area contributed by atoms with Crippen LogP contribution >= 0.6 is 0 Å². The number of nitrogens with zero attached hydrogens (tertiary/aromatic N) is 1. The van der Waals surface area contributed by atoms with Crippen molar-refractivity contribution >= 4 is 0 Å². The zero-order valence-corrected chi connectivity index (χ0v) is 12.6. The summed E-state index contributed by atoms with van der Waals surface area (Å²) in [5.74, 6) is 0. The minimum atomic E-state index is 0.872. The predicted molar refractivity (Wildman–Crippen MR) is 84.9 cm³/mol. The number of hydrogen-bond acceptors (Lipinski definition) is 2. The molecular formula is C18H28N2. The molecule has 0 spiro atoms. The number of fused-ring (bicyclic) bond motifs is 1. The molecule has 0 atom stereocenters. The molecule has 2 nitrogen and oxygen atoms in total. The van der Waals surface area contributed by atoms with Gasteiger partial charge in [-0.25, -0.2) is 0 Å². The first-order valence-corrected chi connectivity index (χ1v) is 8.44. The van der Waals surface area contributed by atoms with Gasteiger partial charge >= 0.3 is 0 Å². The molecule has 1 aliphatic heterocycles. The van der Waals surface area contributed by atoms with Gasteiger partial charge in [-0.05, 0) is 69.3 Å². The maximum Gasteiger partial charge on any atom is 0.0236 e. The molecule has 0 aromatic heterocycles. The Morgan fingerprint density at radius 1 is 1.05 bits per heavy atom. The SMILES string of the molecule is c1ccc2c(c1)CCCN(CCCCCNC1CC1)C2. The molecule has 0 unspecified atom stereocenters. The van der Waals surface area contributed by atoms with Gasteiger partial charge in [-0.3, -0.25) is 4.90 Å². The van der Waals surface area contributed by atoms with E-state index in [9.17, 15) is 0 Å². The van der Waals surface area contributed by atoms with Gasteiger partial charge in [-0.15, -0.1) is 0 Å². The van der Waals surface area contributed by atoms with Crippen LogP contribution in [-0.4, -0.2) is 30.6 Å². The number of aryl methyl sites for hydroxylation is 1. The lowest BCUT2D eigenvalue weighted by atomic mass is 10.0. The summed E-state index contributed by atoms with van der Waals surface area (Å²) in [4.78, 5) is 2.65. The van der Waals surface area contributed by atoms with E-state index in [1.807, 2.05) is 0 Å². The van der Waals surface area contributed by atoms with Crippen molar-refractivity contribution < 1.29 is 0 Å². The van der Waals surface area contributed by atoms with Crippen molar-refractivity contribution in [3.8, 4) is 0 Å². The molecule has 0 saturated heterocycles. The molecule has 110 valence electrons. The minimum Gasteiger partial charge on any atom is -0.314 e. The first-order valence-electron chi connectivity index (χ1n) is 8.44. The van der Waals surface area contributed by atoms with Crippen molar-refractivity contribution in [2.24, 2.45) is 0 Å². The first kappa shape index (κ1) is 14.1. The molecule has 3 rings (SSSR count). The van der Waals surface area contributed by atoms with Crippen LogP contribution in [0.1, 0.15) is 49.7 Å². The van der Waals surface area contributed by atoms with Crippen LogP contribution in [0.25, 0.3) is 0 Å². The average Bonchev–Trinajstić information content (AvgIpc) is 3.29. The van der Waals surface area contributed by atoms with Crippen LogP contribution in [0.3, 0.4) is 0 Å². The van der Waals surface area contributed by atoms with Crippen molar-refractivity contribution in [1.29, 1.82) is 0 Å².